The van der Waals surface area contributed by atoms with Gasteiger partial charge in [0.25, 0.3) is 5.91 Å². The number of aromatic nitrogens is 1. The molecule has 3 heterocycles. The standard InChI is InChI=1S/C24H36N3O.HI/c1-4-5-9-16-26-21-13-8-7-12-19(21)20-17-23(27(2,3)18-22(20)26)24(28)25-14-10-6-11-15-25;/h7-8,12-13,23H,4-6,9-11,14-18H2,1-3H3;1H/q+1;/p-1/t23-;/m1./s1. The maximum Gasteiger partial charge on any atom is 0.281 e. The van der Waals surface area contributed by atoms with Crippen LogP contribution in [-0.2, 0) is 24.3 Å². The summed E-state index contributed by atoms with van der Waals surface area (Å²) in [6.07, 6.45) is 8.21. The number of rotatable bonds is 5. The molecule has 1 atom stereocenters. The molecule has 0 saturated carbocycles. The van der Waals surface area contributed by atoms with Gasteiger partial charge in [0.2, 0.25) is 0 Å². The quantitative estimate of drug-likeness (QED) is 0.340. The van der Waals surface area contributed by atoms with Gasteiger partial charge in [-0.3, -0.25) is 4.79 Å². The van der Waals surface area contributed by atoms with Crippen molar-refractivity contribution in [1.82, 2.24) is 9.47 Å². The number of aryl methyl sites for hydroxylation is 1. The van der Waals surface area contributed by atoms with Crippen LogP contribution in [0.4, 0.5) is 0 Å². The van der Waals surface area contributed by atoms with Crippen molar-refractivity contribution in [3.05, 3.63) is 35.5 Å². The maximum absolute atomic E-state index is 13.4. The molecule has 1 amide bonds. The Morgan fingerprint density at radius 3 is 2.55 bits per heavy atom. The third kappa shape index (κ3) is 4.36. The Bertz CT molecular complexity index is 851. The van der Waals surface area contributed by atoms with Crippen molar-refractivity contribution < 1.29 is 33.3 Å². The van der Waals surface area contributed by atoms with E-state index in [4.69, 9.17) is 0 Å². The summed E-state index contributed by atoms with van der Waals surface area (Å²) in [4.78, 5) is 15.6. The minimum absolute atomic E-state index is 0. The molecule has 2 aromatic rings. The molecule has 29 heavy (non-hydrogen) atoms. The van der Waals surface area contributed by atoms with Crippen LogP contribution in [0.1, 0.15) is 56.7 Å². The summed E-state index contributed by atoms with van der Waals surface area (Å²) < 4.78 is 3.33. The fourth-order valence-electron chi connectivity index (χ4n) is 5.26. The fourth-order valence-corrected chi connectivity index (χ4v) is 5.26. The van der Waals surface area contributed by atoms with E-state index in [1.54, 1.807) is 0 Å². The first-order valence-electron chi connectivity index (χ1n) is 11.2. The molecule has 2 aliphatic rings. The molecule has 1 fully saturated rings. The van der Waals surface area contributed by atoms with Crippen molar-refractivity contribution in [3.63, 3.8) is 0 Å². The summed E-state index contributed by atoms with van der Waals surface area (Å²) in [5, 5.41) is 1.37. The zero-order valence-electron chi connectivity index (χ0n) is 18.3. The third-order valence-electron chi connectivity index (χ3n) is 6.93. The molecular formula is C24H36IN3O. The zero-order valence-corrected chi connectivity index (χ0v) is 20.5. The van der Waals surface area contributed by atoms with E-state index in [9.17, 15) is 4.79 Å². The number of nitrogens with zero attached hydrogens (tertiary/aromatic N) is 3. The molecule has 0 unspecified atom stereocenters. The predicted octanol–water partition coefficient (Wildman–Crippen LogP) is 1.35. The molecule has 1 aromatic carbocycles. The number of unbranched alkanes of at least 4 members (excludes halogenated alkanes) is 2. The number of hydrogen-bond donors (Lipinski definition) is 0. The number of hydrogen-bond acceptors (Lipinski definition) is 1. The third-order valence-corrected chi connectivity index (χ3v) is 6.93. The van der Waals surface area contributed by atoms with Crippen LogP contribution < -0.4 is 24.0 Å². The molecule has 1 aromatic heterocycles. The van der Waals surface area contributed by atoms with Gasteiger partial charge in [0, 0.05) is 37.0 Å². The lowest BCUT2D eigenvalue weighted by molar-refractivity contribution is -0.921. The van der Waals surface area contributed by atoms with Crippen molar-refractivity contribution >= 4 is 16.8 Å². The van der Waals surface area contributed by atoms with E-state index >= 15 is 0 Å². The normalized spacial score (nSPS) is 20.9. The van der Waals surface area contributed by atoms with Gasteiger partial charge in [-0.05, 0) is 37.3 Å². The van der Waals surface area contributed by atoms with Crippen LogP contribution in [0.3, 0.4) is 0 Å². The van der Waals surface area contributed by atoms with Gasteiger partial charge >= 0.3 is 0 Å². The van der Waals surface area contributed by atoms with Crippen molar-refractivity contribution in [2.75, 3.05) is 27.2 Å². The lowest BCUT2D eigenvalue weighted by atomic mass is 9.93. The molecular weight excluding hydrogens is 473 g/mol. The largest absolute Gasteiger partial charge is 1.00 e. The number of carbonyl (C=O) groups excluding carboxylic acids is 1. The van der Waals surface area contributed by atoms with Gasteiger partial charge in [0.15, 0.2) is 6.04 Å². The number of piperidine rings is 1. The molecule has 2 aliphatic heterocycles. The summed E-state index contributed by atoms with van der Waals surface area (Å²) in [5.41, 5.74) is 4.25. The summed E-state index contributed by atoms with van der Waals surface area (Å²) in [6.45, 7) is 6.19. The summed E-state index contributed by atoms with van der Waals surface area (Å²) >= 11 is 0. The average molecular weight is 509 g/mol. The molecule has 5 heteroatoms. The highest BCUT2D eigenvalue weighted by atomic mass is 127. The van der Waals surface area contributed by atoms with Crippen LogP contribution in [0.25, 0.3) is 10.9 Å². The molecule has 160 valence electrons. The van der Waals surface area contributed by atoms with Crippen molar-refractivity contribution in [1.29, 1.82) is 0 Å². The number of amides is 1. The highest BCUT2D eigenvalue weighted by Crippen LogP contribution is 2.36. The van der Waals surface area contributed by atoms with Gasteiger partial charge < -0.3 is 37.9 Å². The van der Waals surface area contributed by atoms with Gasteiger partial charge in [0.1, 0.15) is 6.54 Å². The second-order valence-corrected chi connectivity index (χ2v) is 9.34. The van der Waals surface area contributed by atoms with E-state index in [2.05, 4.69) is 54.8 Å². The number of likely N-dealkylation sites (N-methyl/N-ethyl adjacent to an activating group) is 1. The molecule has 0 aliphatic carbocycles. The summed E-state index contributed by atoms with van der Waals surface area (Å²) in [6, 6.07) is 8.87. The number of para-hydroxylation sites is 1. The van der Waals surface area contributed by atoms with Crippen LogP contribution in [0.15, 0.2) is 24.3 Å². The second kappa shape index (κ2) is 9.38. The van der Waals surface area contributed by atoms with Crippen LogP contribution >= 0.6 is 0 Å². The molecule has 0 bridgehead atoms. The molecule has 4 nitrogen and oxygen atoms in total. The van der Waals surface area contributed by atoms with E-state index in [1.165, 1.54) is 47.8 Å². The van der Waals surface area contributed by atoms with Gasteiger partial charge in [-0.15, -0.1) is 0 Å². The number of quaternary nitrogens is 1. The Morgan fingerprint density at radius 2 is 1.83 bits per heavy atom. The van der Waals surface area contributed by atoms with E-state index < -0.39 is 0 Å². The van der Waals surface area contributed by atoms with Crippen LogP contribution in [0.2, 0.25) is 0 Å². The molecule has 0 radical (unpaired) electrons. The van der Waals surface area contributed by atoms with E-state index in [0.717, 1.165) is 49.9 Å². The predicted molar refractivity (Wildman–Crippen MR) is 115 cm³/mol. The maximum atomic E-state index is 13.4. The highest BCUT2D eigenvalue weighted by Gasteiger charge is 2.44. The molecule has 0 N–H and O–H groups in total. The van der Waals surface area contributed by atoms with Gasteiger partial charge in [-0.2, -0.15) is 0 Å². The van der Waals surface area contributed by atoms with Gasteiger partial charge in [-0.25, -0.2) is 0 Å². The first-order chi connectivity index (χ1) is 13.5. The minimum atomic E-state index is 0. The number of benzene rings is 1. The first-order valence-corrected chi connectivity index (χ1v) is 11.2. The number of halogens is 1. The Balaban J connectivity index is 0.00000240. The highest BCUT2D eigenvalue weighted by molar-refractivity contribution is 5.88. The van der Waals surface area contributed by atoms with E-state index in [0.29, 0.717) is 5.91 Å². The van der Waals surface area contributed by atoms with Crippen LogP contribution in [-0.4, -0.2) is 53.1 Å². The van der Waals surface area contributed by atoms with E-state index in [-0.39, 0.29) is 30.0 Å². The van der Waals surface area contributed by atoms with E-state index in [1.807, 2.05) is 0 Å². The zero-order chi connectivity index (χ0) is 19.7. The lowest BCUT2D eigenvalue weighted by Gasteiger charge is -2.43. The Hall–Kier alpha value is -1.08. The van der Waals surface area contributed by atoms with Crippen molar-refractivity contribution in [2.45, 2.75) is 71.0 Å². The van der Waals surface area contributed by atoms with Crippen LogP contribution in [0.5, 0.6) is 0 Å². The molecule has 4 rings (SSSR count). The summed E-state index contributed by atoms with van der Waals surface area (Å²) in [7, 11) is 4.51. The minimum Gasteiger partial charge on any atom is -1.00 e. The second-order valence-electron chi connectivity index (χ2n) is 9.34. The van der Waals surface area contributed by atoms with Crippen LogP contribution in [0, 0.1) is 0 Å². The van der Waals surface area contributed by atoms with Crippen molar-refractivity contribution in [3.8, 4) is 0 Å². The fraction of sp³-hybridized carbons (Fsp3) is 0.625. The Morgan fingerprint density at radius 1 is 1.10 bits per heavy atom. The monoisotopic (exact) mass is 509 g/mol. The number of fused-ring (bicyclic) bond motifs is 3. The smallest absolute Gasteiger partial charge is 0.281 e. The van der Waals surface area contributed by atoms with Gasteiger partial charge in [-0.1, -0.05) is 38.0 Å². The SMILES string of the molecule is CCCCCn1c2c(c3ccccc31)C[C@H](C(=O)N1CCCCC1)[N+](C)(C)C2.[I-]. The topological polar surface area (TPSA) is 25.2 Å². The average Bonchev–Trinajstić information content (AvgIpc) is 2.99. The van der Waals surface area contributed by atoms with Gasteiger partial charge in [0.05, 0.1) is 19.8 Å². The Kier molecular flexibility index (Phi) is 7.31. The lowest BCUT2D eigenvalue weighted by Crippen LogP contribution is -3.00. The number of carbonyl (C=O) groups is 1. The Labute approximate surface area is 192 Å². The number of likely N-dealkylation sites (tertiary alicyclic amines) is 1. The molecule has 1 saturated heterocycles. The first kappa shape index (κ1) is 22.6. The molecule has 0 spiro atoms. The summed E-state index contributed by atoms with van der Waals surface area (Å²) in [5.74, 6) is 0.373. The van der Waals surface area contributed by atoms with Crippen molar-refractivity contribution in [2.24, 2.45) is 0 Å².